The van der Waals surface area contributed by atoms with Crippen LogP contribution in [0.25, 0.3) is 27.5 Å². The lowest BCUT2D eigenvalue weighted by atomic mass is 10.0. The molecule has 0 aliphatic heterocycles. The number of hydrogen-bond acceptors (Lipinski definition) is 4. The molecule has 0 aliphatic rings. The number of benzene rings is 2. The number of rotatable bonds is 4. The van der Waals surface area contributed by atoms with Crippen LogP contribution in [0.4, 0.5) is 5.95 Å². The Morgan fingerprint density at radius 2 is 1.82 bits per heavy atom. The van der Waals surface area contributed by atoms with E-state index in [1.165, 1.54) is 10.8 Å². The van der Waals surface area contributed by atoms with Crippen molar-refractivity contribution < 1.29 is 4.79 Å². The van der Waals surface area contributed by atoms with Crippen molar-refractivity contribution in [2.24, 2.45) is 0 Å². The minimum atomic E-state index is -0.227. The Balaban J connectivity index is 1.42. The molecule has 0 unspecified atom stereocenters. The quantitative estimate of drug-likeness (QED) is 0.527. The normalized spacial score (nSPS) is 11.1. The number of amides is 1. The van der Waals surface area contributed by atoms with Crippen LogP contribution in [0, 0.1) is 0 Å². The van der Waals surface area contributed by atoms with Gasteiger partial charge in [0.05, 0.1) is 0 Å². The molecular weight excluding hydrogens is 352 g/mol. The predicted octanol–water partition coefficient (Wildman–Crippen LogP) is 3.38. The van der Waals surface area contributed by atoms with Crippen molar-refractivity contribution in [2.75, 3.05) is 5.32 Å². The summed E-state index contributed by atoms with van der Waals surface area (Å²) in [6, 6.07) is 20.3. The maximum atomic E-state index is 12.1. The summed E-state index contributed by atoms with van der Waals surface area (Å²) in [5.41, 5.74) is 2.79. The minimum Gasteiger partial charge on any atom is -0.292 e. The Hall–Kier alpha value is -4.00. The number of nitrogens with zero attached hydrogens (tertiary/aromatic N) is 5. The van der Waals surface area contributed by atoms with Gasteiger partial charge in [-0.1, -0.05) is 36.4 Å². The summed E-state index contributed by atoms with van der Waals surface area (Å²) >= 11 is 0. The van der Waals surface area contributed by atoms with Gasteiger partial charge >= 0.3 is 0 Å². The fourth-order valence-corrected chi connectivity index (χ4v) is 3.18. The molecule has 136 valence electrons. The molecule has 0 radical (unpaired) electrons. The van der Waals surface area contributed by atoms with Crippen molar-refractivity contribution in [2.45, 2.75) is 6.54 Å². The van der Waals surface area contributed by atoms with Crippen LogP contribution in [0.2, 0.25) is 0 Å². The third-order valence-corrected chi connectivity index (χ3v) is 4.53. The SMILES string of the molecule is O=C(Cn1cccn1)Nc1nc2ccc(-c3ccc4ccccc4c3)cn2n1. The maximum Gasteiger partial charge on any atom is 0.249 e. The summed E-state index contributed by atoms with van der Waals surface area (Å²) in [5, 5.41) is 13.5. The molecule has 0 fully saturated rings. The van der Waals surface area contributed by atoms with Gasteiger partial charge in [-0.15, -0.1) is 5.10 Å². The first-order chi connectivity index (χ1) is 13.7. The van der Waals surface area contributed by atoms with Crippen molar-refractivity contribution in [3.8, 4) is 11.1 Å². The second-order valence-electron chi connectivity index (χ2n) is 6.47. The number of fused-ring (bicyclic) bond motifs is 2. The number of anilines is 1. The van der Waals surface area contributed by atoms with E-state index in [9.17, 15) is 4.79 Å². The first-order valence-corrected chi connectivity index (χ1v) is 8.87. The van der Waals surface area contributed by atoms with E-state index in [0.717, 1.165) is 11.1 Å². The fraction of sp³-hybridized carbons (Fsp3) is 0.0476. The third-order valence-electron chi connectivity index (χ3n) is 4.53. The van der Waals surface area contributed by atoms with Gasteiger partial charge in [0.25, 0.3) is 0 Å². The summed E-state index contributed by atoms with van der Waals surface area (Å²) in [6.07, 6.45) is 5.27. The molecule has 0 saturated heterocycles. The molecule has 3 aromatic heterocycles. The molecule has 0 bridgehead atoms. The van der Waals surface area contributed by atoms with E-state index in [1.807, 2.05) is 30.5 Å². The van der Waals surface area contributed by atoms with Crippen LogP contribution in [0.5, 0.6) is 0 Å². The average Bonchev–Trinajstić information content (AvgIpc) is 3.36. The molecule has 1 amide bonds. The van der Waals surface area contributed by atoms with E-state index in [0.29, 0.717) is 5.65 Å². The highest BCUT2D eigenvalue weighted by atomic mass is 16.2. The van der Waals surface area contributed by atoms with Gasteiger partial charge in [-0.2, -0.15) is 10.1 Å². The van der Waals surface area contributed by atoms with Crippen LogP contribution in [-0.4, -0.2) is 30.3 Å². The molecule has 5 rings (SSSR count). The van der Waals surface area contributed by atoms with Crippen molar-refractivity contribution in [1.29, 1.82) is 0 Å². The molecule has 1 N–H and O–H groups in total. The molecule has 28 heavy (non-hydrogen) atoms. The van der Waals surface area contributed by atoms with E-state index in [-0.39, 0.29) is 18.4 Å². The zero-order valence-corrected chi connectivity index (χ0v) is 14.9. The lowest BCUT2D eigenvalue weighted by molar-refractivity contribution is -0.116. The summed E-state index contributed by atoms with van der Waals surface area (Å²) in [7, 11) is 0. The first-order valence-electron chi connectivity index (χ1n) is 8.87. The lowest BCUT2D eigenvalue weighted by Crippen LogP contribution is -2.19. The molecular formula is C21H16N6O. The largest absolute Gasteiger partial charge is 0.292 e. The molecule has 3 heterocycles. The molecule has 0 atom stereocenters. The number of pyridine rings is 1. The van der Waals surface area contributed by atoms with Gasteiger partial charge in [-0.25, -0.2) is 4.52 Å². The first kappa shape index (κ1) is 16.2. The zero-order chi connectivity index (χ0) is 18.9. The van der Waals surface area contributed by atoms with Crippen LogP contribution >= 0.6 is 0 Å². The number of carbonyl (C=O) groups is 1. The standard InChI is InChI=1S/C21H16N6O/c28-20(14-26-11-3-10-22-26)24-21-23-19-9-8-18(13-27(19)25-21)17-7-6-15-4-1-2-5-16(15)12-17/h1-13H,14H2,(H,24,25,28). The number of carbonyl (C=O) groups excluding carboxylic acids is 1. The summed E-state index contributed by atoms with van der Waals surface area (Å²) in [4.78, 5) is 16.5. The van der Waals surface area contributed by atoms with Crippen molar-refractivity contribution in [3.05, 3.63) is 79.3 Å². The van der Waals surface area contributed by atoms with E-state index in [2.05, 4.69) is 50.8 Å². The Bertz CT molecular complexity index is 1290. The van der Waals surface area contributed by atoms with E-state index < -0.39 is 0 Å². The van der Waals surface area contributed by atoms with Crippen LogP contribution in [0.3, 0.4) is 0 Å². The van der Waals surface area contributed by atoms with Gasteiger partial charge in [0.15, 0.2) is 5.65 Å². The van der Waals surface area contributed by atoms with Gasteiger partial charge < -0.3 is 0 Å². The van der Waals surface area contributed by atoms with Crippen LogP contribution in [-0.2, 0) is 11.3 Å². The Morgan fingerprint density at radius 1 is 0.964 bits per heavy atom. The number of aromatic nitrogens is 5. The molecule has 7 heteroatoms. The average molecular weight is 368 g/mol. The third kappa shape index (κ3) is 3.09. The number of hydrogen-bond donors (Lipinski definition) is 1. The Labute approximate surface area is 160 Å². The maximum absolute atomic E-state index is 12.1. The molecule has 7 nitrogen and oxygen atoms in total. The molecule has 0 spiro atoms. The Morgan fingerprint density at radius 3 is 2.68 bits per heavy atom. The van der Waals surface area contributed by atoms with Gasteiger partial charge in [-0.05, 0) is 40.6 Å². The molecule has 5 aromatic rings. The van der Waals surface area contributed by atoms with E-state index in [1.54, 1.807) is 27.7 Å². The molecule has 0 saturated carbocycles. The van der Waals surface area contributed by atoms with E-state index >= 15 is 0 Å². The topological polar surface area (TPSA) is 77.1 Å². The molecule has 2 aromatic carbocycles. The van der Waals surface area contributed by atoms with Crippen molar-refractivity contribution in [1.82, 2.24) is 24.4 Å². The molecule has 0 aliphatic carbocycles. The predicted molar refractivity (Wildman–Crippen MR) is 107 cm³/mol. The highest BCUT2D eigenvalue weighted by molar-refractivity contribution is 5.89. The van der Waals surface area contributed by atoms with Gasteiger partial charge in [-0.3, -0.25) is 14.8 Å². The lowest BCUT2D eigenvalue weighted by Gasteiger charge is -2.04. The summed E-state index contributed by atoms with van der Waals surface area (Å²) < 4.78 is 3.22. The van der Waals surface area contributed by atoms with Crippen molar-refractivity contribution in [3.63, 3.8) is 0 Å². The van der Waals surface area contributed by atoms with Crippen LogP contribution < -0.4 is 5.32 Å². The minimum absolute atomic E-state index is 0.116. The van der Waals surface area contributed by atoms with Gasteiger partial charge in [0, 0.05) is 24.2 Å². The monoisotopic (exact) mass is 368 g/mol. The van der Waals surface area contributed by atoms with Crippen LogP contribution in [0.15, 0.2) is 79.3 Å². The van der Waals surface area contributed by atoms with Gasteiger partial charge in [0.1, 0.15) is 6.54 Å². The second kappa shape index (κ2) is 6.62. The van der Waals surface area contributed by atoms with Gasteiger partial charge in [0.2, 0.25) is 11.9 Å². The summed E-state index contributed by atoms with van der Waals surface area (Å²) in [6.45, 7) is 0.116. The zero-order valence-electron chi connectivity index (χ0n) is 14.9. The van der Waals surface area contributed by atoms with Crippen molar-refractivity contribution >= 4 is 28.3 Å². The van der Waals surface area contributed by atoms with E-state index in [4.69, 9.17) is 0 Å². The number of nitrogens with one attached hydrogen (secondary N) is 1. The smallest absolute Gasteiger partial charge is 0.249 e. The fourth-order valence-electron chi connectivity index (χ4n) is 3.18. The Kier molecular flexibility index (Phi) is 3.83. The van der Waals surface area contributed by atoms with Crippen LogP contribution in [0.1, 0.15) is 0 Å². The highest BCUT2D eigenvalue weighted by Gasteiger charge is 2.10. The highest BCUT2D eigenvalue weighted by Crippen LogP contribution is 2.24. The second-order valence-corrected chi connectivity index (χ2v) is 6.47. The summed E-state index contributed by atoms with van der Waals surface area (Å²) in [5.74, 6) is 0.0437.